The molecule has 2 rings (SSSR count). The van der Waals surface area contributed by atoms with Gasteiger partial charge in [0.1, 0.15) is 10.8 Å². The molecular weight excluding hydrogens is 275 g/mol. The number of nitrogens with zero attached hydrogens (tertiary/aromatic N) is 1. The third-order valence-corrected chi connectivity index (χ3v) is 4.11. The standard InChI is InChI=1S/C15H19FN2OS/c1-9(2)11-5-14(19)18(8-11)7-10-3-4-12(16)6-13(10)15(17)20/h3-4,6,9,11H,5,7-8H2,1-2H3,(H2,17,20). The molecular formula is C15H19FN2OS. The van der Waals surface area contributed by atoms with Gasteiger partial charge in [-0.1, -0.05) is 32.1 Å². The summed E-state index contributed by atoms with van der Waals surface area (Å²) in [6.07, 6.45) is 0.585. The maximum absolute atomic E-state index is 13.3. The number of likely N-dealkylation sites (tertiary alicyclic amines) is 1. The van der Waals surface area contributed by atoms with E-state index < -0.39 is 0 Å². The molecule has 0 saturated carbocycles. The second kappa shape index (κ2) is 5.87. The van der Waals surface area contributed by atoms with Gasteiger partial charge in [-0.25, -0.2) is 4.39 Å². The SMILES string of the molecule is CC(C)C1CC(=O)N(Cc2ccc(F)cc2C(N)=S)C1. The Morgan fingerprint density at radius 1 is 1.55 bits per heavy atom. The van der Waals surface area contributed by atoms with E-state index in [0.29, 0.717) is 30.4 Å². The molecule has 1 fully saturated rings. The zero-order valence-corrected chi connectivity index (χ0v) is 12.5. The predicted octanol–water partition coefficient (Wildman–Crippen LogP) is 2.46. The molecule has 1 heterocycles. The summed E-state index contributed by atoms with van der Waals surface area (Å²) in [4.78, 5) is 14.0. The summed E-state index contributed by atoms with van der Waals surface area (Å²) in [5, 5.41) is 0. The minimum absolute atomic E-state index is 0.141. The van der Waals surface area contributed by atoms with Crippen molar-refractivity contribution < 1.29 is 9.18 Å². The molecule has 0 spiro atoms. The molecule has 1 unspecified atom stereocenters. The summed E-state index contributed by atoms with van der Waals surface area (Å²) in [7, 11) is 0. The highest BCUT2D eigenvalue weighted by molar-refractivity contribution is 7.80. The van der Waals surface area contributed by atoms with Crippen LogP contribution in [0, 0.1) is 17.7 Å². The van der Waals surface area contributed by atoms with Crippen LogP contribution in [0.1, 0.15) is 31.4 Å². The van der Waals surface area contributed by atoms with Gasteiger partial charge in [0.15, 0.2) is 0 Å². The van der Waals surface area contributed by atoms with Gasteiger partial charge in [0.2, 0.25) is 5.91 Å². The van der Waals surface area contributed by atoms with E-state index in [0.717, 1.165) is 12.1 Å². The molecule has 0 bridgehead atoms. The fourth-order valence-corrected chi connectivity index (χ4v) is 2.71. The number of rotatable bonds is 4. The molecule has 5 heteroatoms. The van der Waals surface area contributed by atoms with E-state index >= 15 is 0 Å². The fraction of sp³-hybridized carbons (Fsp3) is 0.467. The van der Waals surface area contributed by atoms with E-state index in [1.807, 2.05) is 0 Å². The topological polar surface area (TPSA) is 46.3 Å². The summed E-state index contributed by atoms with van der Waals surface area (Å²) >= 11 is 4.95. The zero-order chi connectivity index (χ0) is 14.9. The second-order valence-corrected chi connectivity index (χ2v) is 6.09. The Morgan fingerprint density at radius 3 is 2.80 bits per heavy atom. The maximum Gasteiger partial charge on any atom is 0.223 e. The van der Waals surface area contributed by atoms with Crippen LogP contribution >= 0.6 is 12.2 Å². The molecule has 1 atom stereocenters. The maximum atomic E-state index is 13.3. The number of amides is 1. The Balaban J connectivity index is 2.19. The van der Waals surface area contributed by atoms with Crippen LogP contribution in [0.2, 0.25) is 0 Å². The van der Waals surface area contributed by atoms with Crippen LogP contribution in [0.5, 0.6) is 0 Å². The number of hydrogen-bond donors (Lipinski definition) is 1. The normalized spacial score (nSPS) is 18.9. The van der Waals surface area contributed by atoms with Gasteiger partial charge in [-0.15, -0.1) is 0 Å². The average Bonchev–Trinajstić information content (AvgIpc) is 2.73. The van der Waals surface area contributed by atoms with Crippen molar-refractivity contribution in [3.05, 3.63) is 35.1 Å². The summed E-state index contributed by atoms with van der Waals surface area (Å²) in [5.41, 5.74) is 6.95. The predicted molar refractivity (Wildman–Crippen MR) is 80.6 cm³/mol. The number of halogens is 1. The van der Waals surface area contributed by atoms with Crippen LogP contribution in [0.3, 0.4) is 0 Å². The third-order valence-electron chi connectivity index (χ3n) is 3.89. The Morgan fingerprint density at radius 2 is 2.25 bits per heavy atom. The summed E-state index contributed by atoms with van der Waals surface area (Å²) in [6.45, 7) is 5.43. The summed E-state index contributed by atoms with van der Waals surface area (Å²) < 4.78 is 13.3. The van der Waals surface area contributed by atoms with Crippen molar-refractivity contribution in [1.82, 2.24) is 4.90 Å². The second-order valence-electron chi connectivity index (χ2n) is 5.65. The highest BCUT2D eigenvalue weighted by Crippen LogP contribution is 2.26. The quantitative estimate of drug-likeness (QED) is 0.868. The monoisotopic (exact) mass is 294 g/mol. The van der Waals surface area contributed by atoms with Gasteiger partial charge in [-0.3, -0.25) is 4.79 Å². The van der Waals surface area contributed by atoms with E-state index in [1.54, 1.807) is 11.0 Å². The Kier molecular flexibility index (Phi) is 4.38. The molecule has 0 aromatic heterocycles. The minimum Gasteiger partial charge on any atom is -0.389 e. The average molecular weight is 294 g/mol. The van der Waals surface area contributed by atoms with Gasteiger partial charge in [0, 0.05) is 25.1 Å². The highest BCUT2D eigenvalue weighted by atomic mass is 32.1. The Bertz CT molecular complexity index is 545. The van der Waals surface area contributed by atoms with Gasteiger partial charge < -0.3 is 10.6 Å². The van der Waals surface area contributed by atoms with E-state index in [4.69, 9.17) is 18.0 Å². The first-order valence-electron chi connectivity index (χ1n) is 6.74. The van der Waals surface area contributed by atoms with Crippen molar-refractivity contribution in [3.8, 4) is 0 Å². The van der Waals surface area contributed by atoms with Gasteiger partial charge in [0.05, 0.1) is 0 Å². The van der Waals surface area contributed by atoms with Crippen molar-refractivity contribution in [2.75, 3.05) is 6.54 Å². The number of thiocarbonyl (C=S) groups is 1. The van der Waals surface area contributed by atoms with Crippen molar-refractivity contribution >= 4 is 23.1 Å². The van der Waals surface area contributed by atoms with Gasteiger partial charge in [-0.2, -0.15) is 0 Å². The molecule has 2 N–H and O–H groups in total. The first-order valence-corrected chi connectivity index (χ1v) is 7.15. The molecule has 3 nitrogen and oxygen atoms in total. The van der Waals surface area contributed by atoms with Crippen LogP contribution < -0.4 is 5.73 Å². The molecule has 20 heavy (non-hydrogen) atoms. The number of hydrogen-bond acceptors (Lipinski definition) is 2. The van der Waals surface area contributed by atoms with Crippen molar-refractivity contribution in [2.24, 2.45) is 17.6 Å². The third kappa shape index (κ3) is 3.15. The number of benzene rings is 1. The zero-order valence-electron chi connectivity index (χ0n) is 11.7. The Labute approximate surface area is 123 Å². The lowest BCUT2D eigenvalue weighted by molar-refractivity contribution is -0.128. The molecule has 1 saturated heterocycles. The highest BCUT2D eigenvalue weighted by Gasteiger charge is 2.31. The van der Waals surface area contributed by atoms with E-state index in [9.17, 15) is 9.18 Å². The summed E-state index contributed by atoms with van der Waals surface area (Å²) in [6, 6.07) is 4.36. The lowest BCUT2D eigenvalue weighted by atomic mass is 9.95. The molecule has 1 amide bonds. The number of carbonyl (C=O) groups is 1. The van der Waals surface area contributed by atoms with Crippen molar-refractivity contribution in [2.45, 2.75) is 26.8 Å². The van der Waals surface area contributed by atoms with Crippen LogP contribution in [-0.4, -0.2) is 22.3 Å². The van der Waals surface area contributed by atoms with Crippen LogP contribution in [-0.2, 0) is 11.3 Å². The van der Waals surface area contributed by atoms with Crippen LogP contribution in [0.15, 0.2) is 18.2 Å². The lowest BCUT2D eigenvalue weighted by Crippen LogP contribution is -2.27. The van der Waals surface area contributed by atoms with Crippen LogP contribution in [0.25, 0.3) is 0 Å². The van der Waals surface area contributed by atoms with Crippen LogP contribution in [0.4, 0.5) is 4.39 Å². The Hall–Kier alpha value is -1.49. The van der Waals surface area contributed by atoms with Crippen molar-refractivity contribution in [3.63, 3.8) is 0 Å². The first-order chi connectivity index (χ1) is 9.38. The molecule has 0 aliphatic carbocycles. The number of carbonyl (C=O) groups excluding carboxylic acids is 1. The van der Waals surface area contributed by atoms with E-state index in [-0.39, 0.29) is 16.7 Å². The van der Waals surface area contributed by atoms with Crippen molar-refractivity contribution in [1.29, 1.82) is 0 Å². The molecule has 108 valence electrons. The largest absolute Gasteiger partial charge is 0.389 e. The molecule has 1 aromatic carbocycles. The molecule has 1 aromatic rings. The first kappa shape index (κ1) is 14.9. The number of nitrogens with two attached hydrogens (primary N) is 1. The van der Waals surface area contributed by atoms with E-state index in [1.165, 1.54) is 12.1 Å². The lowest BCUT2D eigenvalue weighted by Gasteiger charge is -2.19. The van der Waals surface area contributed by atoms with Gasteiger partial charge in [-0.05, 0) is 29.5 Å². The minimum atomic E-state index is -0.371. The fourth-order valence-electron chi connectivity index (χ4n) is 2.52. The molecule has 1 aliphatic rings. The molecule has 0 radical (unpaired) electrons. The van der Waals surface area contributed by atoms with Gasteiger partial charge >= 0.3 is 0 Å². The molecule has 1 aliphatic heterocycles. The smallest absolute Gasteiger partial charge is 0.223 e. The van der Waals surface area contributed by atoms with Gasteiger partial charge in [0.25, 0.3) is 0 Å². The summed E-state index contributed by atoms with van der Waals surface area (Å²) in [5.74, 6) is 0.634. The van der Waals surface area contributed by atoms with E-state index in [2.05, 4.69) is 13.8 Å².